The molecule has 0 radical (unpaired) electrons. The highest BCUT2D eigenvalue weighted by Gasteiger charge is 2.15. The Morgan fingerprint density at radius 1 is 1.19 bits per heavy atom. The maximum Gasteiger partial charge on any atom is 0.0465 e. The van der Waals surface area contributed by atoms with Crippen molar-refractivity contribution in [2.75, 3.05) is 6.54 Å². The van der Waals surface area contributed by atoms with Gasteiger partial charge < -0.3 is 5.32 Å². The summed E-state index contributed by atoms with van der Waals surface area (Å²) < 4.78 is 1.01. The van der Waals surface area contributed by atoms with Gasteiger partial charge in [0, 0.05) is 15.5 Å². The summed E-state index contributed by atoms with van der Waals surface area (Å²) in [5.41, 5.74) is 3.79. The monoisotopic (exact) mass is 365 g/mol. The Labute approximate surface area is 140 Å². The van der Waals surface area contributed by atoms with Crippen molar-refractivity contribution in [1.29, 1.82) is 0 Å². The molecule has 0 bridgehead atoms. The van der Waals surface area contributed by atoms with E-state index < -0.39 is 0 Å². The van der Waals surface area contributed by atoms with Crippen molar-refractivity contribution in [3.05, 3.63) is 68.7 Å². The van der Waals surface area contributed by atoms with Crippen LogP contribution in [-0.2, 0) is 6.42 Å². The molecule has 0 heterocycles. The molecule has 1 atom stereocenters. The average molecular weight is 367 g/mol. The molecule has 3 heteroatoms. The van der Waals surface area contributed by atoms with E-state index in [1.807, 2.05) is 6.07 Å². The summed E-state index contributed by atoms with van der Waals surface area (Å²) in [7, 11) is 0. The highest BCUT2D eigenvalue weighted by molar-refractivity contribution is 9.10. The van der Waals surface area contributed by atoms with Crippen LogP contribution < -0.4 is 5.32 Å². The smallest absolute Gasteiger partial charge is 0.0465 e. The van der Waals surface area contributed by atoms with Crippen LogP contribution in [0.4, 0.5) is 0 Å². The number of nitrogens with one attached hydrogen (secondary N) is 1. The normalized spacial score (nSPS) is 12.4. The van der Waals surface area contributed by atoms with Crippen molar-refractivity contribution in [3.63, 3.8) is 0 Å². The molecule has 0 fully saturated rings. The van der Waals surface area contributed by atoms with Gasteiger partial charge in [-0.15, -0.1) is 0 Å². The van der Waals surface area contributed by atoms with E-state index in [1.165, 1.54) is 11.1 Å². The highest BCUT2D eigenvalue weighted by Crippen LogP contribution is 2.28. The summed E-state index contributed by atoms with van der Waals surface area (Å²) in [6.45, 7) is 5.30. The molecule has 0 saturated heterocycles. The van der Waals surface area contributed by atoms with E-state index in [0.717, 1.165) is 34.4 Å². The lowest BCUT2D eigenvalue weighted by atomic mass is 9.97. The first-order valence-electron chi connectivity index (χ1n) is 7.34. The SMILES string of the molecule is CCCNC(Cc1cccc(C)c1)c1ccc(Br)cc1Cl. The second kappa shape index (κ2) is 7.98. The molecule has 0 saturated carbocycles. The fraction of sp³-hybridized carbons (Fsp3) is 0.333. The van der Waals surface area contributed by atoms with Crippen molar-refractivity contribution in [3.8, 4) is 0 Å². The van der Waals surface area contributed by atoms with Crippen molar-refractivity contribution in [1.82, 2.24) is 5.32 Å². The molecule has 0 aromatic heterocycles. The summed E-state index contributed by atoms with van der Waals surface area (Å²) in [5, 5.41) is 4.42. The van der Waals surface area contributed by atoms with Gasteiger partial charge in [0.05, 0.1) is 0 Å². The fourth-order valence-corrected chi connectivity index (χ4v) is 3.27. The van der Waals surface area contributed by atoms with Gasteiger partial charge in [-0.05, 0) is 49.6 Å². The van der Waals surface area contributed by atoms with Crippen LogP contribution in [-0.4, -0.2) is 6.54 Å². The van der Waals surface area contributed by atoms with E-state index in [4.69, 9.17) is 11.6 Å². The Kier molecular flexibility index (Phi) is 6.28. The Morgan fingerprint density at radius 2 is 2.00 bits per heavy atom. The van der Waals surface area contributed by atoms with E-state index >= 15 is 0 Å². The molecule has 0 spiro atoms. The maximum absolute atomic E-state index is 6.43. The molecule has 2 aromatic rings. The van der Waals surface area contributed by atoms with Crippen molar-refractivity contribution in [2.24, 2.45) is 0 Å². The predicted octanol–water partition coefficient (Wildman–Crippen LogP) is 5.69. The van der Waals surface area contributed by atoms with Crippen molar-refractivity contribution < 1.29 is 0 Å². The summed E-state index contributed by atoms with van der Waals surface area (Å²) in [4.78, 5) is 0. The number of benzene rings is 2. The zero-order valence-electron chi connectivity index (χ0n) is 12.5. The maximum atomic E-state index is 6.43. The molecule has 1 unspecified atom stereocenters. The van der Waals surface area contributed by atoms with Gasteiger partial charge in [0.15, 0.2) is 0 Å². The third kappa shape index (κ3) is 4.84. The topological polar surface area (TPSA) is 12.0 Å². The van der Waals surface area contributed by atoms with Crippen LogP contribution in [0.25, 0.3) is 0 Å². The number of hydrogen-bond donors (Lipinski definition) is 1. The Balaban J connectivity index is 2.25. The number of hydrogen-bond acceptors (Lipinski definition) is 1. The van der Waals surface area contributed by atoms with Crippen LogP contribution in [0.5, 0.6) is 0 Å². The molecule has 0 amide bonds. The summed E-state index contributed by atoms with van der Waals surface area (Å²) >= 11 is 9.90. The molecular formula is C18H21BrClN. The Morgan fingerprint density at radius 3 is 2.67 bits per heavy atom. The highest BCUT2D eigenvalue weighted by atomic mass is 79.9. The summed E-state index contributed by atoms with van der Waals surface area (Å²) in [6.07, 6.45) is 2.06. The van der Waals surface area contributed by atoms with Crippen LogP contribution in [0.15, 0.2) is 46.9 Å². The largest absolute Gasteiger partial charge is 0.310 e. The molecule has 0 aliphatic rings. The fourth-order valence-electron chi connectivity index (χ4n) is 2.47. The Hall–Kier alpha value is -0.830. The predicted molar refractivity (Wildman–Crippen MR) is 95.1 cm³/mol. The third-order valence-electron chi connectivity index (χ3n) is 3.50. The molecule has 21 heavy (non-hydrogen) atoms. The van der Waals surface area contributed by atoms with E-state index in [2.05, 4.69) is 71.5 Å². The quantitative estimate of drug-likeness (QED) is 0.692. The second-order valence-electron chi connectivity index (χ2n) is 5.37. The zero-order valence-corrected chi connectivity index (χ0v) is 14.8. The van der Waals surface area contributed by atoms with E-state index in [1.54, 1.807) is 0 Å². The molecule has 2 aromatic carbocycles. The number of aryl methyl sites for hydroxylation is 1. The van der Waals surface area contributed by atoms with Crippen LogP contribution in [0.1, 0.15) is 36.1 Å². The van der Waals surface area contributed by atoms with Gasteiger partial charge in [-0.3, -0.25) is 0 Å². The first-order chi connectivity index (χ1) is 10.1. The lowest BCUT2D eigenvalue weighted by molar-refractivity contribution is 0.529. The molecule has 0 aliphatic carbocycles. The number of halogens is 2. The third-order valence-corrected chi connectivity index (χ3v) is 4.32. The second-order valence-corrected chi connectivity index (χ2v) is 6.69. The van der Waals surface area contributed by atoms with Gasteiger partial charge in [-0.25, -0.2) is 0 Å². The van der Waals surface area contributed by atoms with Crippen molar-refractivity contribution >= 4 is 27.5 Å². The minimum absolute atomic E-state index is 0.243. The zero-order chi connectivity index (χ0) is 15.2. The van der Waals surface area contributed by atoms with Crippen LogP contribution in [0.2, 0.25) is 5.02 Å². The molecule has 0 aliphatic heterocycles. The van der Waals surface area contributed by atoms with E-state index in [0.29, 0.717) is 0 Å². The lowest BCUT2D eigenvalue weighted by Gasteiger charge is -2.21. The molecule has 2 rings (SSSR count). The van der Waals surface area contributed by atoms with E-state index in [9.17, 15) is 0 Å². The Bertz CT molecular complexity index is 598. The van der Waals surface area contributed by atoms with Crippen LogP contribution in [0.3, 0.4) is 0 Å². The first-order valence-corrected chi connectivity index (χ1v) is 8.51. The molecule has 1 nitrogen and oxygen atoms in total. The van der Waals surface area contributed by atoms with Gasteiger partial charge in [0.25, 0.3) is 0 Å². The summed E-state index contributed by atoms with van der Waals surface area (Å²) in [5.74, 6) is 0. The average Bonchev–Trinajstić information content (AvgIpc) is 2.44. The number of rotatable bonds is 6. The van der Waals surface area contributed by atoms with E-state index in [-0.39, 0.29) is 6.04 Å². The molecule has 1 N–H and O–H groups in total. The van der Waals surface area contributed by atoms with Gasteiger partial charge in [-0.1, -0.05) is 70.3 Å². The standard InChI is InChI=1S/C18H21BrClN/c1-3-9-21-18(11-14-6-4-5-13(2)10-14)16-8-7-15(19)12-17(16)20/h4-8,10,12,18,21H,3,9,11H2,1-2H3. The van der Waals surface area contributed by atoms with Crippen LogP contribution >= 0.6 is 27.5 Å². The van der Waals surface area contributed by atoms with Gasteiger partial charge >= 0.3 is 0 Å². The van der Waals surface area contributed by atoms with Gasteiger partial charge in [-0.2, -0.15) is 0 Å². The summed E-state index contributed by atoms with van der Waals surface area (Å²) in [6, 6.07) is 15.0. The molecular weight excluding hydrogens is 346 g/mol. The minimum Gasteiger partial charge on any atom is -0.310 e. The van der Waals surface area contributed by atoms with Crippen LogP contribution in [0, 0.1) is 6.92 Å². The minimum atomic E-state index is 0.243. The first kappa shape index (κ1) is 16.5. The van der Waals surface area contributed by atoms with Crippen molar-refractivity contribution in [2.45, 2.75) is 32.7 Å². The van der Waals surface area contributed by atoms with Gasteiger partial charge in [0.1, 0.15) is 0 Å². The van der Waals surface area contributed by atoms with Gasteiger partial charge in [0.2, 0.25) is 0 Å². The molecule has 112 valence electrons. The lowest BCUT2D eigenvalue weighted by Crippen LogP contribution is -2.24.